The number of aryl methyl sites for hydroxylation is 1. The lowest BCUT2D eigenvalue weighted by Gasteiger charge is -2.12. The lowest BCUT2D eigenvalue weighted by Crippen LogP contribution is -2.10. The third kappa shape index (κ3) is 4.40. The van der Waals surface area contributed by atoms with Gasteiger partial charge in [0.05, 0.1) is 16.9 Å². The van der Waals surface area contributed by atoms with Gasteiger partial charge in [-0.1, -0.05) is 23.4 Å². The van der Waals surface area contributed by atoms with E-state index < -0.39 is 17.3 Å². The minimum Gasteiger partial charge on any atom is -0.420 e. The Hall–Kier alpha value is -2.57. The van der Waals surface area contributed by atoms with Gasteiger partial charge in [0.2, 0.25) is 11.8 Å². The normalized spacial score (nSPS) is 11.4. The number of halogens is 4. The predicted octanol–water partition coefficient (Wildman–Crippen LogP) is 5.28. The van der Waals surface area contributed by atoms with E-state index in [9.17, 15) is 13.2 Å². The smallest absolute Gasteiger partial charge is 0.417 e. The highest BCUT2D eigenvalue weighted by atomic mass is 35.5. The molecule has 0 atom stereocenters. The Morgan fingerprint density at radius 3 is 2.56 bits per heavy atom. The fourth-order valence-corrected chi connectivity index (χ4v) is 3.24. The number of hydrogen-bond donors (Lipinski definition) is 0. The van der Waals surface area contributed by atoms with Gasteiger partial charge < -0.3 is 4.42 Å². The summed E-state index contributed by atoms with van der Waals surface area (Å²) in [7, 11) is 0. The van der Waals surface area contributed by atoms with Crippen molar-refractivity contribution < 1.29 is 17.6 Å². The molecule has 0 aliphatic rings. The summed E-state index contributed by atoms with van der Waals surface area (Å²) in [5.74, 6) is 0.532. The number of thioether (sulfide) groups is 1. The van der Waals surface area contributed by atoms with Crippen LogP contribution in [0.5, 0.6) is 0 Å². The molecule has 3 rings (SSSR count). The highest BCUT2D eigenvalue weighted by Gasteiger charge is 2.35. The second-order valence-electron chi connectivity index (χ2n) is 5.40. The van der Waals surface area contributed by atoms with Gasteiger partial charge in [0.25, 0.3) is 0 Å². The zero-order chi connectivity index (χ0) is 19.6. The molecular formula is C17H10ClF3N4OS. The van der Waals surface area contributed by atoms with Gasteiger partial charge in [-0.15, -0.1) is 10.2 Å². The molecule has 2 aromatic heterocycles. The van der Waals surface area contributed by atoms with Crippen molar-refractivity contribution >= 4 is 23.4 Å². The summed E-state index contributed by atoms with van der Waals surface area (Å²) in [6.45, 7) is 1.44. The van der Waals surface area contributed by atoms with Crippen LogP contribution >= 0.6 is 23.4 Å². The molecule has 10 heteroatoms. The van der Waals surface area contributed by atoms with E-state index in [1.807, 2.05) is 0 Å². The van der Waals surface area contributed by atoms with Gasteiger partial charge in [-0.3, -0.25) is 0 Å². The summed E-state index contributed by atoms with van der Waals surface area (Å²) in [6.07, 6.45) is -4.64. The zero-order valence-electron chi connectivity index (χ0n) is 13.7. The highest BCUT2D eigenvalue weighted by molar-refractivity contribution is 7.98. The Morgan fingerprint density at radius 1 is 1.22 bits per heavy atom. The quantitative estimate of drug-likeness (QED) is 0.545. The molecule has 0 saturated carbocycles. The maximum Gasteiger partial charge on any atom is 0.417 e. The van der Waals surface area contributed by atoms with Crippen LogP contribution in [0.15, 0.2) is 39.8 Å². The topological polar surface area (TPSA) is 75.6 Å². The monoisotopic (exact) mass is 410 g/mol. The maximum absolute atomic E-state index is 13.1. The zero-order valence-corrected chi connectivity index (χ0v) is 15.3. The number of alkyl halides is 3. The number of rotatable bonds is 4. The molecule has 0 unspecified atom stereocenters. The fraction of sp³-hybridized carbons (Fsp3) is 0.176. The fourth-order valence-electron chi connectivity index (χ4n) is 2.23. The largest absolute Gasteiger partial charge is 0.420 e. The van der Waals surface area contributed by atoms with Crippen molar-refractivity contribution in [2.75, 3.05) is 0 Å². The van der Waals surface area contributed by atoms with Crippen LogP contribution in [0.25, 0.3) is 11.5 Å². The number of aromatic nitrogens is 3. The molecule has 27 heavy (non-hydrogen) atoms. The lowest BCUT2D eigenvalue weighted by atomic mass is 10.1. The van der Waals surface area contributed by atoms with Crippen LogP contribution in [-0.4, -0.2) is 15.2 Å². The average molecular weight is 411 g/mol. The minimum atomic E-state index is -4.64. The van der Waals surface area contributed by atoms with Gasteiger partial charge in [-0.2, -0.15) is 18.4 Å². The summed E-state index contributed by atoms with van der Waals surface area (Å²) in [4.78, 5) is 4.04. The molecule has 0 bridgehead atoms. The molecule has 3 aromatic rings. The molecule has 5 nitrogen and oxygen atoms in total. The van der Waals surface area contributed by atoms with Crippen LogP contribution in [0.1, 0.15) is 22.7 Å². The Balaban J connectivity index is 1.83. The minimum absolute atomic E-state index is 0.0314. The molecule has 0 saturated heterocycles. The number of pyridine rings is 1. The van der Waals surface area contributed by atoms with Gasteiger partial charge in [-0.25, -0.2) is 4.98 Å². The predicted molar refractivity (Wildman–Crippen MR) is 93.0 cm³/mol. The summed E-state index contributed by atoms with van der Waals surface area (Å²) < 4.78 is 44.9. The third-order valence-electron chi connectivity index (χ3n) is 3.42. The van der Waals surface area contributed by atoms with Crippen LogP contribution in [-0.2, 0) is 11.9 Å². The van der Waals surface area contributed by atoms with Crippen molar-refractivity contribution in [2.45, 2.75) is 23.9 Å². The van der Waals surface area contributed by atoms with E-state index >= 15 is 0 Å². The lowest BCUT2D eigenvalue weighted by molar-refractivity contribution is -0.138. The van der Waals surface area contributed by atoms with E-state index in [1.165, 1.54) is 6.92 Å². The van der Waals surface area contributed by atoms with Crippen molar-refractivity contribution in [3.63, 3.8) is 0 Å². The molecule has 0 N–H and O–H groups in total. The van der Waals surface area contributed by atoms with Crippen molar-refractivity contribution in [2.24, 2.45) is 0 Å². The van der Waals surface area contributed by atoms with Crippen LogP contribution < -0.4 is 0 Å². The number of hydrogen-bond acceptors (Lipinski definition) is 6. The summed E-state index contributed by atoms with van der Waals surface area (Å²) in [5.41, 5.74) is -0.701. The molecule has 0 spiro atoms. The first-order chi connectivity index (χ1) is 12.8. The number of benzene rings is 1. The molecule has 138 valence electrons. The Labute approximate surface area is 161 Å². The van der Waals surface area contributed by atoms with E-state index in [-0.39, 0.29) is 28.3 Å². The van der Waals surface area contributed by atoms with Crippen molar-refractivity contribution in [1.82, 2.24) is 15.2 Å². The second kappa shape index (κ2) is 7.58. The first-order valence-corrected chi connectivity index (χ1v) is 8.84. The summed E-state index contributed by atoms with van der Waals surface area (Å²) >= 11 is 6.75. The third-order valence-corrected chi connectivity index (χ3v) is 4.63. The van der Waals surface area contributed by atoms with E-state index in [2.05, 4.69) is 15.2 Å². The average Bonchev–Trinajstić information content (AvgIpc) is 3.08. The Kier molecular flexibility index (Phi) is 5.39. The van der Waals surface area contributed by atoms with Crippen molar-refractivity contribution in [3.8, 4) is 17.5 Å². The van der Waals surface area contributed by atoms with E-state index in [0.717, 1.165) is 17.8 Å². The number of nitriles is 1. The first-order valence-electron chi connectivity index (χ1n) is 7.48. The van der Waals surface area contributed by atoms with Crippen molar-refractivity contribution in [3.05, 3.63) is 58.1 Å². The molecule has 2 heterocycles. The van der Waals surface area contributed by atoms with Gasteiger partial charge in [0.15, 0.2) is 0 Å². The SMILES string of the molecule is Cc1cc(C(F)(F)F)c(C#N)c(SCc2nnc(-c3ccc(Cl)cc3)o2)n1. The molecular weight excluding hydrogens is 401 g/mol. The first kappa shape index (κ1) is 19.2. The molecule has 0 radical (unpaired) electrons. The van der Waals surface area contributed by atoms with Gasteiger partial charge in [0, 0.05) is 16.3 Å². The van der Waals surface area contributed by atoms with Crippen LogP contribution in [0.3, 0.4) is 0 Å². The van der Waals surface area contributed by atoms with Gasteiger partial charge in [0.1, 0.15) is 11.1 Å². The van der Waals surface area contributed by atoms with Crippen LogP contribution in [0.2, 0.25) is 5.02 Å². The molecule has 0 aliphatic carbocycles. The van der Waals surface area contributed by atoms with E-state index in [1.54, 1.807) is 30.3 Å². The van der Waals surface area contributed by atoms with E-state index in [4.69, 9.17) is 21.3 Å². The second-order valence-corrected chi connectivity index (χ2v) is 6.80. The van der Waals surface area contributed by atoms with Gasteiger partial charge >= 0.3 is 6.18 Å². The molecule has 0 aliphatic heterocycles. The Morgan fingerprint density at radius 2 is 1.93 bits per heavy atom. The molecule has 0 fully saturated rings. The standard InChI is InChI=1S/C17H10ClF3N4OS/c1-9-6-13(17(19,20)21)12(7-22)16(23-9)27-8-14-24-25-15(26-14)10-2-4-11(18)5-3-10/h2-6H,8H2,1H3. The van der Waals surface area contributed by atoms with Crippen LogP contribution in [0.4, 0.5) is 13.2 Å². The van der Waals surface area contributed by atoms with Crippen molar-refractivity contribution in [1.29, 1.82) is 5.26 Å². The Bertz CT molecular complexity index is 1010. The summed E-state index contributed by atoms with van der Waals surface area (Å²) in [5, 5.41) is 17.5. The van der Waals surface area contributed by atoms with Gasteiger partial charge in [-0.05, 0) is 37.3 Å². The maximum atomic E-state index is 13.1. The molecule has 0 amide bonds. The van der Waals surface area contributed by atoms with E-state index in [0.29, 0.717) is 10.6 Å². The molecule has 1 aromatic carbocycles. The summed E-state index contributed by atoms with van der Waals surface area (Å²) in [6, 6.07) is 9.20. The highest BCUT2D eigenvalue weighted by Crippen LogP contribution is 2.36. The number of nitrogens with zero attached hydrogens (tertiary/aromatic N) is 4. The van der Waals surface area contributed by atoms with Crippen LogP contribution in [0, 0.1) is 18.3 Å².